The molecule has 0 aliphatic heterocycles. The molecule has 0 aliphatic rings. The van der Waals surface area contributed by atoms with Crippen molar-refractivity contribution < 1.29 is 19.9 Å². The number of hydrogen-bond acceptors (Lipinski definition) is 5. The number of nitrogens with two attached hydrogens (primary N) is 1. The molecule has 1 rings (SSSR count). The number of hydroxylamine groups is 1. The highest BCUT2D eigenvalue weighted by Crippen LogP contribution is 2.04. The first kappa shape index (κ1) is 19.2. The zero-order chi connectivity index (χ0) is 18.1. The van der Waals surface area contributed by atoms with E-state index < -0.39 is 30.0 Å². The SMILES string of the molecule is C[C@H](O)C#CC#Cc1ccc(C(=O)NC(C(=O)NO)[C@@H](C)N)cc1. The molecule has 0 aliphatic carbocycles. The van der Waals surface area contributed by atoms with Crippen LogP contribution in [0, 0.1) is 23.7 Å². The first-order valence-corrected chi connectivity index (χ1v) is 7.15. The molecule has 126 valence electrons. The Labute approximate surface area is 140 Å². The second kappa shape index (κ2) is 9.33. The largest absolute Gasteiger partial charge is 0.381 e. The van der Waals surface area contributed by atoms with Gasteiger partial charge in [0.25, 0.3) is 11.8 Å². The molecule has 0 fully saturated rings. The topological polar surface area (TPSA) is 125 Å². The monoisotopic (exact) mass is 329 g/mol. The molecule has 0 saturated heterocycles. The molecule has 7 heteroatoms. The lowest BCUT2D eigenvalue weighted by Gasteiger charge is -2.19. The normalized spacial score (nSPS) is 13.2. The van der Waals surface area contributed by atoms with Crippen LogP contribution in [-0.4, -0.2) is 40.3 Å². The Bertz CT molecular complexity index is 703. The van der Waals surface area contributed by atoms with Gasteiger partial charge in [-0.2, -0.15) is 0 Å². The minimum absolute atomic E-state index is 0.312. The van der Waals surface area contributed by atoms with Crippen molar-refractivity contribution in [1.29, 1.82) is 0 Å². The van der Waals surface area contributed by atoms with Crippen LogP contribution in [0.5, 0.6) is 0 Å². The number of carbonyl (C=O) groups excluding carboxylic acids is 2. The fourth-order valence-electron chi connectivity index (χ4n) is 1.68. The summed E-state index contributed by atoms with van der Waals surface area (Å²) in [5.74, 6) is 9.05. The number of rotatable bonds is 4. The molecule has 24 heavy (non-hydrogen) atoms. The summed E-state index contributed by atoms with van der Waals surface area (Å²) >= 11 is 0. The lowest BCUT2D eigenvalue weighted by Crippen LogP contribution is -2.54. The maximum atomic E-state index is 12.1. The summed E-state index contributed by atoms with van der Waals surface area (Å²) in [6.07, 6.45) is -0.737. The molecule has 3 atom stereocenters. The maximum Gasteiger partial charge on any atom is 0.267 e. The average Bonchev–Trinajstić information content (AvgIpc) is 2.55. The second-order valence-corrected chi connectivity index (χ2v) is 5.06. The average molecular weight is 329 g/mol. The van der Waals surface area contributed by atoms with Crippen molar-refractivity contribution in [3.05, 3.63) is 35.4 Å². The fourth-order valence-corrected chi connectivity index (χ4v) is 1.68. The molecule has 0 bridgehead atoms. The van der Waals surface area contributed by atoms with Gasteiger partial charge in [-0.3, -0.25) is 14.8 Å². The van der Waals surface area contributed by atoms with E-state index in [4.69, 9.17) is 16.0 Å². The zero-order valence-electron chi connectivity index (χ0n) is 13.3. The quantitative estimate of drug-likeness (QED) is 0.286. The van der Waals surface area contributed by atoms with Crippen LogP contribution in [0.3, 0.4) is 0 Å². The van der Waals surface area contributed by atoms with E-state index in [2.05, 4.69) is 29.0 Å². The van der Waals surface area contributed by atoms with Crippen molar-refractivity contribution in [1.82, 2.24) is 10.8 Å². The van der Waals surface area contributed by atoms with Crippen LogP contribution in [0.2, 0.25) is 0 Å². The third-order valence-electron chi connectivity index (χ3n) is 2.90. The summed E-state index contributed by atoms with van der Waals surface area (Å²) in [7, 11) is 0. The van der Waals surface area contributed by atoms with E-state index in [0.29, 0.717) is 11.1 Å². The summed E-state index contributed by atoms with van der Waals surface area (Å²) in [4.78, 5) is 23.6. The van der Waals surface area contributed by atoms with Gasteiger partial charge in [0, 0.05) is 17.2 Å². The van der Waals surface area contributed by atoms with Gasteiger partial charge >= 0.3 is 0 Å². The van der Waals surface area contributed by atoms with Crippen LogP contribution >= 0.6 is 0 Å². The molecule has 0 spiro atoms. The highest BCUT2D eigenvalue weighted by atomic mass is 16.5. The van der Waals surface area contributed by atoms with E-state index in [1.165, 1.54) is 31.5 Å². The van der Waals surface area contributed by atoms with Crippen LogP contribution in [0.1, 0.15) is 29.8 Å². The highest BCUT2D eigenvalue weighted by molar-refractivity contribution is 5.97. The van der Waals surface area contributed by atoms with E-state index in [-0.39, 0.29) is 0 Å². The molecule has 0 heterocycles. The van der Waals surface area contributed by atoms with Gasteiger partial charge in [-0.25, -0.2) is 5.48 Å². The number of nitrogens with one attached hydrogen (secondary N) is 2. The molecule has 7 nitrogen and oxygen atoms in total. The molecule has 1 aromatic carbocycles. The van der Waals surface area contributed by atoms with Crippen LogP contribution in [0.15, 0.2) is 24.3 Å². The summed E-state index contributed by atoms with van der Waals surface area (Å²) in [5.41, 5.74) is 8.04. The zero-order valence-corrected chi connectivity index (χ0v) is 13.3. The third-order valence-corrected chi connectivity index (χ3v) is 2.90. The molecule has 0 radical (unpaired) electrons. The predicted octanol–water partition coefficient (Wildman–Crippen LogP) is -0.627. The summed E-state index contributed by atoms with van der Waals surface area (Å²) in [6, 6.07) is 4.59. The lowest BCUT2D eigenvalue weighted by atomic mass is 10.1. The number of amides is 2. The molecular formula is C17H19N3O4. The Morgan fingerprint density at radius 2 is 1.79 bits per heavy atom. The smallest absolute Gasteiger partial charge is 0.267 e. The summed E-state index contributed by atoms with van der Waals surface area (Å²) < 4.78 is 0. The van der Waals surface area contributed by atoms with Gasteiger partial charge in [0.1, 0.15) is 12.1 Å². The lowest BCUT2D eigenvalue weighted by molar-refractivity contribution is -0.131. The van der Waals surface area contributed by atoms with Gasteiger partial charge < -0.3 is 16.2 Å². The Hall–Kier alpha value is -2.84. The van der Waals surface area contributed by atoms with E-state index >= 15 is 0 Å². The Morgan fingerprint density at radius 1 is 1.17 bits per heavy atom. The van der Waals surface area contributed by atoms with E-state index in [0.717, 1.165) is 0 Å². The Balaban J connectivity index is 2.80. The van der Waals surface area contributed by atoms with Gasteiger partial charge in [-0.05, 0) is 50.0 Å². The van der Waals surface area contributed by atoms with Crippen LogP contribution in [-0.2, 0) is 4.79 Å². The Morgan fingerprint density at radius 3 is 2.29 bits per heavy atom. The fraction of sp³-hybridized carbons (Fsp3) is 0.294. The predicted molar refractivity (Wildman–Crippen MR) is 87.6 cm³/mol. The second-order valence-electron chi connectivity index (χ2n) is 5.06. The third kappa shape index (κ3) is 6.11. The van der Waals surface area contributed by atoms with Crippen LogP contribution in [0.25, 0.3) is 0 Å². The van der Waals surface area contributed by atoms with E-state index in [1.807, 2.05) is 0 Å². The van der Waals surface area contributed by atoms with Gasteiger partial charge in [-0.1, -0.05) is 11.8 Å². The summed E-state index contributed by atoms with van der Waals surface area (Å²) in [5, 5.41) is 20.1. The molecule has 2 amide bonds. The molecule has 1 unspecified atom stereocenters. The van der Waals surface area contributed by atoms with Crippen molar-refractivity contribution >= 4 is 11.8 Å². The first-order chi connectivity index (χ1) is 11.3. The number of aliphatic hydroxyl groups is 1. The van der Waals surface area contributed by atoms with Crippen molar-refractivity contribution in [2.75, 3.05) is 0 Å². The van der Waals surface area contributed by atoms with E-state index in [9.17, 15) is 9.59 Å². The minimum Gasteiger partial charge on any atom is -0.381 e. The highest BCUT2D eigenvalue weighted by Gasteiger charge is 2.24. The number of benzene rings is 1. The molecular weight excluding hydrogens is 310 g/mol. The van der Waals surface area contributed by atoms with Crippen molar-refractivity contribution in [2.24, 2.45) is 5.73 Å². The molecule has 0 aromatic heterocycles. The Kier molecular flexibility index (Phi) is 7.47. The minimum atomic E-state index is -1.06. The van der Waals surface area contributed by atoms with Gasteiger partial charge in [0.15, 0.2) is 0 Å². The first-order valence-electron chi connectivity index (χ1n) is 7.15. The maximum absolute atomic E-state index is 12.1. The van der Waals surface area contributed by atoms with Crippen LogP contribution < -0.4 is 16.5 Å². The van der Waals surface area contributed by atoms with Crippen molar-refractivity contribution in [3.63, 3.8) is 0 Å². The van der Waals surface area contributed by atoms with E-state index in [1.54, 1.807) is 12.1 Å². The van der Waals surface area contributed by atoms with Crippen LogP contribution in [0.4, 0.5) is 0 Å². The molecule has 6 N–H and O–H groups in total. The van der Waals surface area contributed by atoms with Gasteiger partial charge in [-0.15, -0.1) is 0 Å². The van der Waals surface area contributed by atoms with Crippen molar-refractivity contribution in [2.45, 2.75) is 32.0 Å². The number of hydrogen-bond donors (Lipinski definition) is 5. The molecule has 0 saturated carbocycles. The van der Waals surface area contributed by atoms with Gasteiger partial charge in [0.2, 0.25) is 0 Å². The number of aliphatic hydroxyl groups excluding tert-OH is 1. The summed E-state index contributed by atoms with van der Waals surface area (Å²) in [6.45, 7) is 3.07. The van der Waals surface area contributed by atoms with Crippen molar-refractivity contribution in [3.8, 4) is 23.7 Å². The number of carbonyl (C=O) groups is 2. The van der Waals surface area contributed by atoms with Gasteiger partial charge in [0.05, 0.1) is 0 Å². The molecule has 1 aromatic rings. The standard InChI is InChI=1S/C17H19N3O4/c1-11(21)5-3-4-6-13-7-9-14(10-8-13)16(22)19-15(12(2)18)17(23)20-24/h7-12,15,21,24H,18H2,1-2H3,(H,19,22)(H,20,23)/t11-,12+,15?/m0/s1.